The predicted molar refractivity (Wildman–Crippen MR) is 152 cm³/mol. The van der Waals surface area contributed by atoms with Crippen molar-refractivity contribution in [1.29, 1.82) is 0 Å². The average Bonchev–Trinajstić information content (AvgIpc) is 2.81. The molecule has 0 saturated heterocycles. The standard InChI is InChI=1S/C33H52O2/c1-9-32(5,6)28-22-26(20-24(3)30(28)34)18-16-14-12-11-13-15-17-19-27-21-25(4)31(35)29(23-27)33(7,8)10-2/h20-23,34-35H,9-19H2,1-8H3. The third kappa shape index (κ3) is 8.02. The van der Waals surface area contributed by atoms with Gasteiger partial charge in [-0.15, -0.1) is 0 Å². The Balaban J connectivity index is 1.72. The molecule has 35 heavy (non-hydrogen) atoms. The van der Waals surface area contributed by atoms with Crippen LogP contribution in [0.2, 0.25) is 0 Å². The number of phenols is 2. The summed E-state index contributed by atoms with van der Waals surface area (Å²) in [7, 11) is 0. The van der Waals surface area contributed by atoms with Crippen LogP contribution >= 0.6 is 0 Å². The maximum atomic E-state index is 10.5. The number of benzene rings is 2. The summed E-state index contributed by atoms with van der Waals surface area (Å²) in [5, 5.41) is 21.1. The van der Waals surface area contributed by atoms with Crippen LogP contribution in [0.5, 0.6) is 11.5 Å². The molecule has 0 aromatic heterocycles. The second kappa shape index (κ2) is 12.8. The van der Waals surface area contributed by atoms with Gasteiger partial charge in [0.1, 0.15) is 11.5 Å². The molecule has 0 radical (unpaired) electrons. The minimum Gasteiger partial charge on any atom is -0.507 e. The van der Waals surface area contributed by atoms with Gasteiger partial charge in [-0.05, 0) is 85.5 Å². The van der Waals surface area contributed by atoms with Gasteiger partial charge in [-0.25, -0.2) is 0 Å². The van der Waals surface area contributed by atoms with E-state index in [1.165, 1.54) is 56.1 Å². The van der Waals surface area contributed by atoms with Crippen LogP contribution in [-0.4, -0.2) is 10.2 Å². The van der Waals surface area contributed by atoms with Crippen LogP contribution in [0.3, 0.4) is 0 Å². The quantitative estimate of drug-likeness (QED) is 0.264. The fraction of sp³-hybridized carbons (Fsp3) is 0.636. The van der Waals surface area contributed by atoms with E-state index in [2.05, 4.69) is 65.8 Å². The summed E-state index contributed by atoms with van der Waals surface area (Å²) in [6.45, 7) is 17.3. The van der Waals surface area contributed by atoms with Gasteiger partial charge in [0.2, 0.25) is 0 Å². The smallest absolute Gasteiger partial charge is 0.122 e. The molecule has 0 saturated carbocycles. The first-order valence-corrected chi connectivity index (χ1v) is 14.1. The van der Waals surface area contributed by atoms with Gasteiger partial charge >= 0.3 is 0 Å². The van der Waals surface area contributed by atoms with Crippen molar-refractivity contribution in [2.75, 3.05) is 0 Å². The molecule has 2 heteroatoms. The van der Waals surface area contributed by atoms with Gasteiger partial charge in [-0.1, -0.05) is 97.9 Å². The van der Waals surface area contributed by atoms with E-state index in [1.807, 2.05) is 13.8 Å². The Hall–Kier alpha value is -1.96. The van der Waals surface area contributed by atoms with E-state index < -0.39 is 0 Å². The van der Waals surface area contributed by atoms with Crippen molar-refractivity contribution in [2.24, 2.45) is 0 Å². The molecule has 0 spiro atoms. The Morgan fingerprint density at radius 1 is 0.543 bits per heavy atom. The predicted octanol–water partition coefficient (Wildman–Crippen LogP) is 9.61. The minimum absolute atomic E-state index is 0.0114. The number of aromatic hydroxyl groups is 2. The second-order valence-corrected chi connectivity index (χ2v) is 12.1. The molecule has 0 heterocycles. The van der Waals surface area contributed by atoms with Gasteiger partial charge in [-0.2, -0.15) is 0 Å². The molecule has 0 aliphatic heterocycles. The summed E-state index contributed by atoms with van der Waals surface area (Å²) in [5.74, 6) is 0.960. The van der Waals surface area contributed by atoms with Crippen molar-refractivity contribution in [3.63, 3.8) is 0 Å². The summed E-state index contributed by atoms with van der Waals surface area (Å²) in [6, 6.07) is 8.82. The molecule has 0 amide bonds. The Labute approximate surface area is 216 Å². The van der Waals surface area contributed by atoms with Gasteiger partial charge in [0.25, 0.3) is 0 Å². The van der Waals surface area contributed by atoms with Crippen molar-refractivity contribution in [2.45, 2.75) is 137 Å². The molecule has 0 aliphatic rings. The van der Waals surface area contributed by atoms with Gasteiger partial charge in [0.15, 0.2) is 0 Å². The van der Waals surface area contributed by atoms with Crippen molar-refractivity contribution in [3.05, 3.63) is 57.6 Å². The van der Waals surface area contributed by atoms with Crippen LogP contribution in [0, 0.1) is 13.8 Å². The zero-order valence-corrected chi connectivity index (χ0v) is 24.0. The molecule has 0 unspecified atom stereocenters. The SMILES string of the molecule is CCC(C)(C)c1cc(CCCCCCCCCc2cc(C)c(O)c(C(C)(C)CC)c2)cc(C)c1O. The molecule has 2 aromatic rings. The van der Waals surface area contributed by atoms with Gasteiger partial charge in [0, 0.05) is 11.1 Å². The fourth-order valence-corrected chi connectivity index (χ4v) is 4.95. The molecule has 0 fully saturated rings. The lowest BCUT2D eigenvalue weighted by molar-refractivity contribution is 0.424. The number of unbranched alkanes of at least 4 members (excludes halogenated alkanes) is 6. The molecule has 196 valence electrons. The summed E-state index contributed by atoms with van der Waals surface area (Å²) >= 11 is 0. The molecule has 0 aliphatic carbocycles. The highest BCUT2D eigenvalue weighted by Gasteiger charge is 2.24. The highest BCUT2D eigenvalue weighted by atomic mass is 16.3. The molecule has 0 bridgehead atoms. The van der Waals surface area contributed by atoms with Gasteiger partial charge in [0.05, 0.1) is 0 Å². The van der Waals surface area contributed by atoms with E-state index in [0.29, 0.717) is 11.5 Å². The number of rotatable bonds is 14. The van der Waals surface area contributed by atoms with Crippen LogP contribution in [-0.2, 0) is 23.7 Å². The lowest BCUT2D eigenvalue weighted by Gasteiger charge is -2.26. The first-order chi connectivity index (χ1) is 16.4. The summed E-state index contributed by atoms with van der Waals surface area (Å²) in [6.07, 6.45) is 13.2. The minimum atomic E-state index is 0.0114. The first kappa shape index (κ1) is 29.3. The number of hydrogen-bond donors (Lipinski definition) is 2. The average molecular weight is 481 g/mol. The Kier molecular flexibility index (Phi) is 10.7. The summed E-state index contributed by atoms with van der Waals surface area (Å²) in [5.41, 5.74) is 6.97. The van der Waals surface area contributed by atoms with Crippen LogP contribution in [0.15, 0.2) is 24.3 Å². The van der Waals surface area contributed by atoms with Crippen molar-refractivity contribution >= 4 is 0 Å². The largest absolute Gasteiger partial charge is 0.507 e. The molecule has 2 rings (SSSR count). The fourth-order valence-electron chi connectivity index (χ4n) is 4.95. The summed E-state index contributed by atoms with van der Waals surface area (Å²) in [4.78, 5) is 0. The maximum Gasteiger partial charge on any atom is 0.122 e. The van der Waals surface area contributed by atoms with Crippen molar-refractivity contribution < 1.29 is 10.2 Å². The lowest BCUT2D eigenvalue weighted by Crippen LogP contribution is -2.16. The molecule has 2 aromatic carbocycles. The Morgan fingerprint density at radius 2 is 0.857 bits per heavy atom. The number of phenolic OH excluding ortho intramolecular Hbond substituents is 2. The monoisotopic (exact) mass is 480 g/mol. The van der Waals surface area contributed by atoms with Gasteiger partial charge < -0.3 is 10.2 Å². The third-order valence-corrected chi connectivity index (χ3v) is 8.38. The van der Waals surface area contributed by atoms with Crippen LogP contribution in [0.4, 0.5) is 0 Å². The van der Waals surface area contributed by atoms with Crippen LogP contribution in [0.1, 0.15) is 133 Å². The van der Waals surface area contributed by atoms with E-state index in [1.54, 1.807) is 0 Å². The normalized spacial score (nSPS) is 12.3. The van der Waals surface area contributed by atoms with Crippen molar-refractivity contribution in [1.82, 2.24) is 0 Å². The van der Waals surface area contributed by atoms with Gasteiger partial charge in [-0.3, -0.25) is 0 Å². The highest BCUT2D eigenvalue weighted by molar-refractivity contribution is 5.47. The second-order valence-electron chi connectivity index (χ2n) is 12.1. The zero-order valence-electron chi connectivity index (χ0n) is 24.0. The lowest BCUT2D eigenvalue weighted by atomic mass is 9.80. The summed E-state index contributed by atoms with van der Waals surface area (Å²) < 4.78 is 0. The van der Waals surface area contributed by atoms with E-state index in [-0.39, 0.29) is 10.8 Å². The molecule has 0 atom stereocenters. The van der Waals surface area contributed by atoms with E-state index >= 15 is 0 Å². The van der Waals surface area contributed by atoms with E-state index in [4.69, 9.17) is 0 Å². The highest BCUT2D eigenvalue weighted by Crippen LogP contribution is 2.38. The van der Waals surface area contributed by atoms with E-state index in [9.17, 15) is 10.2 Å². The topological polar surface area (TPSA) is 40.5 Å². The Bertz CT molecular complexity index is 875. The number of aryl methyl sites for hydroxylation is 4. The first-order valence-electron chi connectivity index (χ1n) is 14.1. The third-order valence-electron chi connectivity index (χ3n) is 8.38. The molecule has 2 nitrogen and oxygen atoms in total. The molecule has 2 N–H and O–H groups in total. The zero-order chi connectivity index (χ0) is 26.2. The maximum absolute atomic E-state index is 10.5. The van der Waals surface area contributed by atoms with Crippen LogP contribution in [0.25, 0.3) is 0 Å². The van der Waals surface area contributed by atoms with Crippen LogP contribution < -0.4 is 0 Å². The molecular formula is C33H52O2. The number of hydrogen-bond acceptors (Lipinski definition) is 2. The van der Waals surface area contributed by atoms with E-state index in [0.717, 1.165) is 47.9 Å². The van der Waals surface area contributed by atoms with Crippen molar-refractivity contribution in [3.8, 4) is 11.5 Å². The Morgan fingerprint density at radius 3 is 1.17 bits per heavy atom. The molecular weight excluding hydrogens is 428 g/mol.